The first-order valence-corrected chi connectivity index (χ1v) is 8.31. The number of aryl methyl sites for hydroxylation is 1. The molecule has 24 heavy (non-hydrogen) atoms. The first-order chi connectivity index (χ1) is 11.1. The van der Waals surface area contributed by atoms with Crippen LogP contribution in [0.4, 0.5) is 17.1 Å². The highest BCUT2D eigenvalue weighted by Gasteiger charge is 2.17. The lowest BCUT2D eigenvalue weighted by atomic mass is 10.2. The van der Waals surface area contributed by atoms with Gasteiger partial charge in [0.05, 0.1) is 0 Å². The van der Waals surface area contributed by atoms with E-state index in [0.717, 1.165) is 10.6 Å². The van der Waals surface area contributed by atoms with Crippen molar-refractivity contribution in [1.82, 2.24) is 4.57 Å². The minimum atomic E-state index is -4.52. The number of pyridine rings is 1. The molecule has 0 aliphatic rings. The van der Waals surface area contributed by atoms with Crippen LogP contribution in [0, 0.1) is 6.92 Å². The highest BCUT2D eigenvalue weighted by atomic mass is 32.2. The van der Waals surface area contributed by atoms with E-state index in [0.29, 0.717) is 5.56 Å². The molecule has 0 unspecified atom stereocenters. The number of nitrogens with zero attached hydrogens (tertiary/aromatic N) is 3. The van der Waals surface area contributed by atoms with Gasteiger partial charge in [0.2, 0.25) is 5.88 Å². The molecule has 0 saturated heterocycles. The lowest BCUT2D eigenvalue weighted by Gasteiger charge is -2.09. The largest absolute Gasteiger partial charge is 0.493 e. The molecule has 1 aromatic carbocycles. The predicted octanol–water partition coefficient (Wildman–Crippen LogP) is 2.13. The lowest BCUT2D eigenvalue weighted by Crippen LogP contribution is -2.18. The molecule has 2 aromatic rings. The van der Waals surface area contributed by atoms with E-state index in [2.05, 4.69) is 10.2 Å². The summed E-state index contributed by atoms with van der Waals surface area (Å²) in [6.07, 6.45) is 0. The van der Waals surface area contributed by atoms with Crippen molar-refractivity contribution in [2.75, 3.05) is 5.73 Å². The second-order valence-electron chi connectivity index (χ2n) is 4.98. The van der Waals surface area contributed by atoms with Crippen molar-refractivity contribution >= 4 is 27.2 Å². The Morgan fingerprint density at radius 2 is 1.92 bits per heavy atom. The number of rotatable bonds is 4. The van der Waals surface area contributed by atoms with Gasteiger partial charge in [0, 0.05) is 18.3 Å². The zero-order chi connectivity index (χ0) is 18.1. The molecule has 0 aliphatic carbocycles. The molecule has 0 aliphatic heterocycles. The van der Waals surface area contributed by atoms with Crippen LogP contribution >= 0.6 is 0 Å². The Morgan fingerprint density at radius 3 is 2.50 bits per heavy atom. The number of benzene rings is 1. The predicted molar refractivity (Wildman–Crippen MR) is 87.6 cm³/mol. The average molecular weight is 352 g/mol. The van der Waals surface area contributed by atoms with Crippen LogP contribution in [0.1, 0.15) is 12.5 Å². The maximum atomic E-state index is 11.8. The minimum Gasteiger partial charge on any atom is -0.493 e. The lowest BCUT2D eigenvalue weighted by molar-refractivity contribution is 0.412. The molecule has 10 heteroatoms. The number of hydrogen-bond donors (Lipinski definition) is 3. The molecular formula is C14H16N4O5S. The molecule has 0 bridgehead atoms. The molecule has 1 heterocycles. The highest BCUT2D eigenvalue weighted by Crippen LogP contribution is 2.32. The summed E-state index contributed by atoms with van der Waals surface area (Å²) in [6.45, 7) is 3.45. The summed E-state index contributed by atoms with van der Waals surface area (Å²) in [6, 6.07) is 4.89. The van der Waals surface area contributed by atoms with Crippen LogP contribution < -0.4 is 11.3 Å². The molecule has 0 atom stereocenters. The van der Waals surface area contributed by atoms with Gasteiger partial charge in [-0.1, -0.05) is 0 Å². The number of aromatic nitrogens is 1. The Bertz CT molecular complexity index is 979. The Balaban J connectivity index is 2.62. The van der Waals surface area contributed by atoms with Crippen molar-refractivity contribution in [3.63, 3.8) is 0 Å². The van der Waals surface area contributed by atoms with Gasteiger partial charge in [0.25, 0.3) is 15.7 Å². The van der Waals surface area contributed by atoms with Gasteiger partial charge in [0.15, 0.2) is 0 Å². The zero-order valence-corrected chi connectivity index (χ0v) is 13.8. The van der Waals surface area contributed by atoms with Gasteiger partial charge in [-0.3, -0.25) is 13.9 Å². The molecule has 128 valence electrons. The molecule has 2 rings (SSSR count). The smallest absolute Gasteiger partial charge is 0.296 e. The Hall–Kier alpha value is -2.72. The first kappa shape index (κ1) is 17.6. The van der Waals surface area contributed by atoms with Gasteiger partial charge in [-0.25, -0.2) is 0 Å². The van der Waals surface area contributed by atoms with Gasteiger partial charge >= 0.3 is 0 Å². The topological polar surface area (TPSA) is 147 Å². The van der Waals surface area contributed by atoms with Gasteiger partial charge in [-0.15, -0.1) is 10.2 Å². The van der Waals surface area contributed by atoms with Gasteiger partial charge in [-0.2, -0.15) is 8.42 Å². The fourth-order valence-electron chi connectivity index (χ4n) is 2.10. The third-order valence-corrected chi connectivity index (χ3v) is 4.18. The highest BCUT2D eigenvalue weighted by molar-refractivity contribution is 7.86. The molecule has 0 saturated carbocycles. The summed E-state index contributed by atoms with van der Waals surface area (Å²) in [4.78, 5) is 11.3. The second kappa shape index (κ2) is 6.42. The van der Waals surface area contributed by atoms with Crippen LogP contribution in [0.15, 0.2) is 44.2 Å². The van der Waals surface area contributed by atoms with Crippen LogP contribution in [0.5, 0.6) is 5.88 Å². The van der Waals surface area contributed by atoms with Crippen molar-refractivity contribution < 1.29 is 18.1 Å². The third kappa shape index (κ3) is 3.44. The number of nitrogens with two attached hydrogens (primary N) is 1. The third-order valence-electron chi connectivity index (χ3n) is 3.28. The number of anilines is 1. The maximum Gasteiger partial charge on any atom is 0.296 e. The number of azo groups is 1. The number of hydrogen-bond acceptors (Lipinski definition) is 7. The van der Waals surface area contributed by atoms with E-state index in [1.165, 1.54) is 18.2 Å². The standard InChI is InChI=1S/C14H16N4O5S/c1-3-18-12(19)6-8(2)13(14(18)20)17-16-10-7-9(15)4-5-11(10)24(21,22)23/h4-7,20H,3,15H2,1-2H3,(H,21,22,23). The summed E-state index contributed by atoms with van der Waals surface area (Å²) in [7, 11) is -4.52. The fraction of sp³-hybridized carbons (Fsp3) is 0.214. The molecule has 1 aromatic heterocycles. The summed E-state index contributed by atoms with van der Waals surface area (Å²) in [5.41, 5.74) is 5.60. The number of nitrogen functional groups attached to an aromatic ring is 1. The Morgan fingerprint density at radius 1 is 1.25 bits per heavy atom. The van der Waals surface area contributed by atoms with Crippen molar-refractivity contribution in [3.8, 4) is 5.88 Å². The molecule has 9 nitrogen and oxygen atoms in total. The van der Waals surface area contributed by atoms with E-state index in [1.54, 1.807) is 13.8 Å². The van der Waals surface area contributed by atoms with Crippen molar-refractivity contribution in [3.05, 3.63) is 40.2 Å². The Kier molecular flexibility index (Phi) is 4.71. The zero-order valence-electron chi connectivity index (χ0n) is 13.0. The molecule has 0 radical (unpaired) electrons. The maximum absolute atomic E-state index is 11.8. The summed E-state index contributed by atoms with van der Waals surface area (Å²) in [5.74, 6) is -0.386. The van der Waals surface area contributed by atoms with Crippen LogP contribution in [0.25, 0.3) is 0 Å². The van der Waals surface area contributed by atoms with Crippen molar-refractivity contribution in [1.29, 1.82) is 0 Å². The number of aromatic hydroxyl groups is 1. The van der Waals surface area contributed by atoms with E-state index in [1.807, 2.05) is 0 Å². The van der Waals surface area contributed by atoms with Gasteiger partial charge in [0.1, 0.15) is 16.3 Å². The van der Waals surface area contributed by atoms with Crippen LogP contribution in [0.3, 0.4) is 0 Å². The van der Waals surface area contributed by atoms with E-state index in [9.17, 15) is 22.9 Å². The summed E-state index contributed by atoms with van der Waals surface area (Å²) in [5, 5.41) is 17.7. The molecule has 0 spiro atoms. The minimum absolute atomic E-state index is 0.0140. The molecular weight excluding hydrogens is 336 g/mol. The van der Waals surface area contributed by atoms with E-state index < -0.39 is 20.6 Å². The van der Waals surface area contributed by atoms with Crippen LogP contribution in [-0.4, -0.2) is 22.6 Å². The van der Waals surface area contributed by atoms with Crippen LogP contribution in [-0.2, 0) is 16.7 Å². The Labute approximate surface area is 137 Å². The van der Waals surface area contributed by atoms with E-state index in [-0.39, 0.29) is 29.5 Å². The van der Waals surface area contributed by atoms with Crippen LogP contribution in [0.2, 0.25) is 0 Å². The van der Waals surface area contributed by atoms with E-state index in [4.69, 9.17) is 5.73 Å². The SMILES string of the molecule is CCn1c(O)c(N=Nc2cc(N)ccc2S(=O)(=O)O)c(C)cc1=O. The quantitative estimate of drug-likeness (QED) is 0.436. The first-order valence-electron chi connectivity index (χ1n) is 6.87. The van der Waals surface area contributed by atoms with Crippen molar-refractivity contribution in [2.24, 2.45) is 10.2 Å². The average Bonchev–Trinajstić information content (AvgIpc) is 2.45. The molecule has 0 amide bonds. The summed E-state index contributed by atoms with van der Waals surface area (Å²) >= 11 is 0. The van der Waals surface area contributed by atoms with Gasteiger partial charge in [-0.05, 0) is 37.6 Å². The normalized spacial score (nSPS) is 12.0. The second-order valence-corrected chi connectivity index (χ2v) is 6.37. The fourth-order valence-corrected chi connectivity index (χ4v) is 2.71. The monoisotopic (exact) mass is 352 g/mol. The van der Waals surface area contributed by atoms with Crippen molar-refractivity contribution in [2.45, 2.75) is 25.3 Å². The van der Waals surface area contributed by atoms with E-state index >= 15 is 0 Å². The van der Waals surface area contributed by atoms with Gasteiger partial charge < -0.3 is 10.8 Å². The molecule has 4 N–H and O–H groups in total. The molecule has 0 fully saturated rings. The summed E-state index contributed by atoms with van der Waals surface area (Å²) < 4.78 is 33.1.